The first-order valence-electron chi connectivity index (χ1n) is 3.13. The van der Waals surface area contributed by atoms with E-state index >= 15 is 0 Å². The molecule has 54 valence electrons. The molecule has 0 aliphatic carbocycles. The summed E-state index contributed by atoms with van der Waals surface area (Å²) in [5.41, 5.74) is 5.15. The molecule has 0 rings (SSSR count). The van der Waals surface area contributed by atoms with E-state index in [1.54, 1.807) is 6.21 Å². The maximum atomic E-state index is 5.15. The van der Waals surface area contributed by atoms with Gasteiger partial charge in [-0.1, -0.05) is 19.0 Å². The summed E-state index contributed by atoms with van der Waals surface area (Å²) in [5, 5.41) is 3.66. The lowest BCUT2D eigenvalue weighted by atomic mass is 10.3. The van der Waals surface area contributed by atoms with Crippen LogP contribution in [0.2, 0.25) is 0 Å². The largest absolute Gasteiger partial charge is 0.395 e. The summed E-state index contributed by atoms with van der Waals surface area (Å²) in [6.45, 7) is 5.10. The van der Waals surface area contributed by atoms with Crippen LogP contribution < -0.4 is 5.73 Å². The maximum Gasteiger partial charge on any atom is 0.129 e. The van der Waals surface area contributed by atoms with Gasteiger partial charge >= 0.3 is 0 Å². The number of nitrogens with two attached hydrogens (primary N) is 1. The summed E-state index contributed by atoms with van der Waals surface area (Å²) in [5.74, 6) is 0.447. The first-order chi connectivity index (χ1) is 4.27. The summed E-state index contributed by atoms with van der Waals surface area (Å²) in [6, 6.07) is 0. The van der Waals surface area contributed by atoms with Gasteiger partial charge in [0.05, 0.1) is 0 Å². The normalized spacial score (nSPS) is 11.1. The molecule has 0 aromatic carbocycles. The predicted octanol–water partition coefficient (Wildman–Crippen LogP) is 0.604. The molecule has 0 amide bonds. The van der Waals surface area contributed by atoms with Crippen LogP contribution in [0.4, 0.5) is 0 Å². The highest BCUT2D eigenvalue weighted by atomic mass is 16.6. The second kappa shape index (κ2) is 5.56. The highest BCUT2D eigenvalue weighted by Gasteiger charge is 1.83. The van der Waals surface area contributed by atoms with Gasteiger partial charge in [0.25, 0.3) is 0 Å². The summed E-state index contributed by atoms with van der Waals surface area (Å²) in [7, 11) is 0. The molecule has 0 radical (unpaired) electrons. The highest BCUT2D eigenvalue weighted by molar-refractivity contribution is 5.58. The van der Waals surface area contributed by atoms with Crippen LogP contribution in [-0.2, 0) is 4.84 Å². The first kappa shape index (κ1) is 8.43. The second-order valence-electron chi connectivity index (χ2n) is 2.12. The molecular formula is C6H14N2O. The summed E-state index contributed by atoms with van der Waals surface area (Å²) in [6.07, 6.45) is 1.75. The zero-order valence-electron chi connectivity index (χ0n) is 6.00. The summed E-state index contributed by atoms with van der Waals surface area (Å²) >= 11 is 0. The molecule has 0 spiro atoms. The quantitative estimate of drug-likeness (QED) is 0.344. The van der Waals surface area contributed by atoms with Gasteiger partial charge in [0.2, 0.25) is 0 Å². The Morgan fingerprint density at radius 3 is 2.78 bits per heavy atom. The SMILES string of the molecule is CC(C)C=NOCCN. The van der Waals surface area contributed by atoms with Gasteiger partial charge in [-0.05, 0) is 5.92 Å². The Kier molecular flexibility index (Phi) is 5.21. The molecule has 0 aromatic rings. The van der Waals surface area contributed by atoms with Gasteiger partial charge in [0.15, 0.2) is 0 Å². The van der Waals surface area contributed by atoms with Crippen LogP contribution in [0.1, 0.15) is 13.8 Å². The fourth-order valence-electron chi connectivity index (χ4n) is 0.270. The Labute approximate surface area is 55.9 Å². The van der Waals surface area contributed by atoms with E-state index in [-0.39, 0.29) is 0 Å². The van der Waals surface area contributed by atoms with Crippen molar-refractivity contribution in [3.8, 4) is 0 Å². The van der Waals surface area contributed by atoms with E-state index in [9.17, 15) is 0 Å². The van der Waals surface area contributed by atoms with Crippen LogP contribution in [0, 0.1) is 5.92 Å². The van der Waals surface area contributed by atoms with Gasteiger partial charge in [-0.3, -0.25) is 0 Å². The average molecular weight is 130 g/mol. The molecule has 3 heteroatoms. The molecule has 3 nitrogen and oxygen atoms in total. The highest BCUT2D eigenvalue weighted by Crippen LogP contribution is 1.84. The lowest BCUT2D eigenvalue weighted by Gasteiger charge is -1.94. The third kappa shape index (κ3) is 7.43. The Balaban J connectivity index is 3.04. The van der Waals surface area contributed by atoms with E-state index in [1.165, 1.54) is 0 Å². The summed E-state index contributed by atoms with van der Waals surface area (Å²) < 4.78 is 0. The second-order valence-corrected chi connectivity index (χ2v) is 2.12. The molecule has 0 aromatic heterocycles. The number of hydrogen-bond acceptors (Lipinski definition) is 3. The molecule has 0 aliphatic rings. The van der Waals surface area contributed by atoms with Gasteiger partial charge in [-0.2, -0.15) is 0 Å². The monoisotopic (exact) mass is 130 g/mol. The van der Waals surface area contributed by atoms with E-state index in [1.807, 2.05) is 13.8 Å². The third-order valence-corrected chi connectivity index (χ3v) is 0.643. The van der Waals surface area contributed by atoms with E-state index in [0.717, 1.165) is 0 Å². The van der Waals surface area contributed by atoms with Crippen LogP contribution in [0.5, 0.6) is 0 Å². The fourth-order valence-corrected chi connectivity index (χ4v) is 0.270. The molecule has 0 fully saturated rings. The van der Waals surface area contributed by atoms with E-state index < -0.39 is 0 Å². The molecule has 0 saturated heterocycles. The molecule has 0 heterocycles. The molecule has 2 N–H and O–H groups in total. The van der Waals surface area contributed by atoms with E-state index in [2.05, 4.69) is 5.16 Å². The molecule has 0 saturated carbocycles. The minimum atomic E-state index is 0.447. The molecular weight excluding hydrogens is 116 g/mol. The smallest absolute Gasteiger partial charge is 0.129 e. The minimum absolute atomic E-state index is 0.447. The van der Waals surface area contributed by atoms with Crippen molar-refractivity contribution in [1.82, 2.24) is 0 Å². The standard InChI is InChI=1S/C6H14N2O/c1-6(2)5-8-9-4-3-7/h5-6H,3-4,7H2,1-2H3. The molecule has 0 atom stereocenters. The average Bonchev–Trinajstić information content (AvgIpc) is 1.80. The van der Waals surface area contributed by atoms with Gasteiger partial charge < -0.3 is 10.6 Å². The molecule has 9 heavy (non-hydrogen) atoms. The fraction of sp³-hybridized carbons (Fsp3) is 0.833. The number of rotatable bonds is 4. The minimum Gasteiger partial charge on any atom is -0.395 e. The Morgan fingerprint density at radius 2 is 2.33 bits per heavy atom. The summed E-state index contributed by atoms with van der Waals surface area (Å²) in [4.78, 5) is 4.74. The van der Waals surface area contributed by atoms with Crippen LogP contribution >= 0.6 is 0 Å². The van der Waals surface area contributed by atoms with Crippen LogP contribution in [0.15, 0.2) is 5.16 Å². The Bertz CT molecular complexity index is 81.1. The van der Waals surface area contributed by atoms with Crippen molar-refractivity contribution >= 4 is 6.21 Å². The lowest BCUT2D eigenvalue weighted by Crippen LogP contribution is -2.05. The van der Waals surface area contributed by atoms with Crippen molar-refractivity contribution in [2.75, 3.05) is 13.2 Å². The van der Waals surface area contributed by atoms with Gasteiger partial charge in [-0.15, -0.1) is 0 Å². The topological polar surface area (TPSA) is 47.6 Å². The zero-order valence-corrected chi connectivity index (χ0v) is 6.00. The molecule has 0 aliphatic heterocycles. The van der Waals surface area contributed by atoms with E-state index in [0.29, 0.717) is 19.1 Å². The van der Waals surface area contributed by atoms with Crippen molar-refractivity contribution < 1.29 is 4.84 Å². The molecule has 0 unspecified atom stereocenters. The number of nitrogens with zero attached hydrogens (tertiary/aromatic N) is 1. The van der Waals surface area contributed by atoms with Crippen molar-refractivity contribution in [3.63, 3.8) is 0 Å². The molecule has 0 bridgehead atoms. The van der Waals surface area contributed by atoms with E-state index in [4.69, 9.17) is 10.6 Å². The van der Waals surface area contributed by atoms with Crippen LogP contribution in [0.3, 0.4) is 0 Å². The van der Waals surface area contributed by atoms with Crippen molar-refractivity contribution in [2.45, 2.75) is 13.8 Å². The zero-order chi connectivity index (χ0) is 7.11. The van der Waals surface area contributed by atoms with Crippen LogP contribution in [0.25, 0.3) is 0 Å². The number of hydrogen-bond donors (Lipinski definition) is 1. The van der Waals surface area contributed by atoms with Crippen LogP contribution in [-0.4, -0.2) is 19.4 Å². The van der Waals surface area contributed by atoms with Crippen molar-refractivity contribution in [1.29, 1.82) is 0 Å². The van der Waals surface area contributed by atoms with Crippen molar-refractivity contribution in [3.05, 3.63) is 0 Å². The predicted molar refractivity (Wildman–Crippen MR) is 38.3 cm³/mol. The number of oxime groups is 1. The van der Waals surface area contributed by atoms with Gasteiger partial charge in [0.1, 0.15) is 6.61 Å². The van der Waals surface area contributed by atoms with Crippen molar-refractivity contribution in [2.24, 2.45) is 16.8 Å². The van der Waals surface area contributed by atoms with Gasteiger partial charge in [-0.25, -0.2) is 0 Å². The Hall–Kier alpha value is -0.570. The maximum absolute atomic E-state index is 5.15. The first-order valence-corrected chi connectivity index (χ1v) is 3.13. The Morgan fingerprint density at radius 1 is 1.67 bits per heavy atom. The third-order valence-electron chi connectivity index (χ3n) is 0.643. The van der Waals surface area contributed by atoms with Gasteiger partial charge in [0, 0.05) is 12.8 Å². The lowest BCUT2D eigenvalue weighted by molar-refractivity contribution is 0.152.